The molecular weight excluding hydrogens is 232 g/mol. The summed E-state index contributed by atoms with van der Waals surface area (Å²) in [5, 5.41) is 9.08. The number of rotatable bonds is 4. The summed E-state index contributed by atoms with van der Waals surface area (Å²) in [6.45, 7) is 5.16. The standard InChI is InChI=1S/C14H16O4/c1-8(7-15)13-6-11-12(18-13)5-4-10(9(2)16)14(11)17-3/h4-5,13,15H,1,6-7H2,2-3H3/t13-/m1/s1. The molecule has 4 heteroatoms. The number of methoxy groups -OCH3 is 1. The first-order valence-corrected chi connectivity index (χ1v) is 5.74. The van der Waals surface area contributed by atoms with Crippen LogP contribution in [0.25, 0.3) is 0 Å². The molecule has 1 atom stereocenters. The van der Waals surface area contributed by atoms with E-state index >= 15 is 0 Å². The van der Waals surface area contributed by atoms with Gasteiger partial charge in [0.2, 0.25) is 0 Å². The Morgan fingerprint density at radius 3 is 2.89 bits per heavy atom. The van der Waals surface area contributed by atoms with Crippen molar-refractivity contribution >= 4 is 5.78 Å². The number of Topliss-reactive ketones (excluding diaryl/α,β-unsaturated/α-hetero) is 1. The van der Waals surface area contributed by atoms with E-state index in [-0.39, 0.29) is 18.5 Å². The summed E-state index contributed by atoms with van der Waals surface area (Å²) in [5.74, 6) is 1.21. The molecule has 0 fully saturated rings. The van der Waals surface area contributed by atoms with E-state index in [1.54, 1.807) is 12.1 Å². The van der Waals surface area contributed by atoms with Gasteiger partial charge in [0, 0.05) is 12.0 Å². The van der Waals surface area contributed by atoms with Gasteiger partial charge in [0.1, 0.15) is 17.6 Å². The Morgan fingerprint density at radius 1 is 1.61 bits per heavy atom. The van der Waals surface area contributed by atoms with Crippen LogP contribution in [0.3, 0.4) is 0 Å². The molecule has 0 spiro atoms. The fraction of sp³-hybridized carbons (Fsp3) is 0.357. The van der Waals surface area contributed by atoms with Gasteiger partial charge in [0.05, 0.1) is 19.3 Å². The molecule has 0 radical (unpaired) electrons. The van der Waals surface area contributed by atoms with E-state index < -0.39 is 0 Å². The third-order valence-corrected chi connectivity index (χ3v) is 3.12. The number of hydrogen-bond acceptors (Lipinski definition) is 4. The summed E-state index contributed by atoms with van der Waals surface area (Å²) in [5.41, 5.74) is 2.04. The van der Waals surface area contributed by atoms with Gasteiger partial charge in [0.15, 0.2) is 5.78 Å². The molecule has 2 rings (SSSR count). The van der Waals surface area contributed by atoms with E-state index in [1.165, 1.54) is 14.0 Å². The fourth-order valence-corrected chi connectivity index (χ4v) is 2.13. The first kappa shape index (κ1) is 12.6. The molecule has 0 saturated carbocycles. The summed E-state index contributed by atoms with van der Waals surface area (Å²) in [7, 11) is 1.54. The van der Waals surface area contributed by atoms with Crippen molar-refractivity contribution in [2.75, 3.05) is 13.7 Å². The van der Waals surface area contributed by atoms with Crippen LogP contribution in [0.1, 0.15) is 22.8 Å². The number of aliphatic hydroxyl groups is 1. The van der Waals surface area contributed by atoms with Gasteiger partial charge >= 0.3 is 0 Å². The lowest BCUT2D eigenvalue weighted by atomic mass is 10.0. The number of aliphatic hydroxyl groups excluding tert-OH is 1. The van der Waals surface area contributed by atoms with Gasteiger partial charge in [-0.3, -0.25) is 4.79 Å². The number of carbonyl (C=O) groups excluding carboxylic acids is 1. The van der Waals surface area contributed by atoms with Crippen LogP contribution in [0, 0.1) is 0 Å². The van der Waals surface area contributed by atoms with Gasteiger partial charge in [-0.15, -0.1) is 0 Å². The van der Waals surface area contributed by atoms with Crippen LogP contribution in [0.15, 0.2) is 24.3 Å². The molecule has 1 N–H and O–H groups in total. The molecule has 0 bridgehead atoms. The van der Waals surface area contributed by atoms with Crippen LogP contribution < -0.4 is 9.47 Å². The quantitative estimate of drug-likeness (QED) is 0.651. The molecule has 1 aliphatic rings. The zero-order valence-electron chi connectivity index (χ0n) is 10.5. The van der Waals surface area contributed by atoms with Gasteiger partial charge in [-0.1, -0.05) is 6.58 Å². The minimum Gasteiger partial charge on any atom is -0.496 e. The molecular formula is C14H16O4. The lowest BCUT2D eigenvalue weighted by Crippen LogP contribution is -2.17. The zero-order valence-corrected chi connectivity index (χ0v) is 10.5. The number of fused-ring (bicyclic) bond motifs is 1. The number of hydrogen-bond donors (Lipinski definition) is 1. The summed E-state index contributed by atoms with van der Waals surface area (Å²) in [4.78, 5) is 11.5. The highest BCUT2D eigenvalue weighted by atomic mass is 16.5. The molecule has 96 valence electrons. The average molecular weight is 248 g/mol. The van der Waals surface area contributed by atoms with Crippen molar-refractivity contribution in [3.63, 3.8) is 0 Å². The summed E-state index contributed by atoms with van der Waals surface area (Å²) < 4.78 is 11.0. The van der Waals surface area contributed by atoms with Crippen molar-refractivity contribution in [2.24, 2.45) is 0 Å². The van der Waals surface area contributed by atoms with Crippen LogP contribution >= 0.6 is 0 Å². The summed E-state index contributed by atoms with van der Waals surface area (Å²) in [6, 6.07) is 3.46. The SMILES string of the molecule is C=C(CO)[C@H]1Cc2c(ccc(C(C)=O)c2OC)O1. The fourth-order valence-electron chi connectivity index (χ4n) is 2.13. The molecule has 0 aliphatic carbocycles. The van der Waals surface area contributed by atoms with Gasteiger partial charge < -0.3 is 14.6 Å². The van der Waals surface area contributed by atoms with Crippen molar-refractivity contribution in [2.45, 2.75) is 19.4 Å². The smallest absolute Gasteiger partial charge is 0.163 e. The predicted molar refractivity (Wildman–Crippen MR) is 67.3 cm³/mol. The minimum absolute atomic E-state index is 0.0425. The highest BCUT2D eigenvalue weighted by Crippen LogP contribution is 2.39. The second-order valence-electron chi connectivity index (χ2n) is 4.31. The molecule has 4 nitrogen and oxygen atoms in total. The summed E-state index contributed by atoms with van der Waals surface area (Å²) in [6.07, 6.45) is 0.319. The monoisotopic (exact) mass is 248 g/mol. The minimum atomic E-state index is -0.249. The maximum Gasteiger partial charge on any atom is 0.163 e. The van der Waals surface area contributed by atoms with Crippen LogP contribution in [-0.2, 0) is 6.42 Å². The van der Waals surface area contributed by atoms with Crippen molar-refractivity contribution in [3.8, 4) is 11.5 Å². The van der Waals surface area contributed by atoms with Crippen LogP contribution in [0.4, 0.5) is 0 Å². The van der Waals surface area contributed by atoms with E-state index in [0.29, 0.717) is 29.1 Å². The second-order valence-corrected chi connectivity index (χ2v) is 4.31. The Morgan fingerprint density at radius 2 is 2.33 bits per heavy atom. The second kappa shape index (κ2) is 4.82. The largest absolute Gasteiger partial charge is 0.496 e. The van der Waals surface area contributed by atoms with Crippen molar-refractivity contribution < 1.29 is 19.4 Å². The first-order valence-electron chi connectivity index (χ1n) is 5.74. The molecule has 0 amide bonds. The van der Waals surface area contributed by atoms with Crippen LogP contribution in [0.5, 0.6) is 11.5 Å². The topological polar surface area (TPSA) is 55.8 Å². The molecule has 0 aromatic heterocycles. The predicted octanol–water partition coefficient (Wildman–Crippen LogP) is 1.75. The number of carbonyl (C=O) groups is 1. The van der Waals surface area contributed by atoms with Crippen LogP contribution in [0.2, 0.25) is 0 Å². The lowest BCUT2D eigenvalue weighted by molar-refractivity contribution is 0.101. The van der Waals surface area contributed by atoms with Gasteiger partial charge in [-0.25, -0.2) is 0 Å². The van der Waals surface area contributed by atoms with Crippen molar-refractivity contribution in [1.29, 1.82) is 0 Å². The zero-order chi connectivity index (χ0) is 13.3. The van der Waals surface area contributed by atoms with Gasteiger partial charge in [-0.2, -0.15) is 0 Å². The number of ketones is 1. The Balaban J connectivity index is 2.41. The highest BCUT2D eigenvalue weighted by Gasteiger charge is 2.29. The Labute approximate surface area is 106 Å². The molecule has 1 aliphatic heterocycles. The van der Waals surface area contributed by atoms with Gasteiger partial charge in [-0.05, 0) is 24.6 Å². The average Bonchev–Trinajstić information content (AvgIpc) is 2.79. The highest BCUT2D eigenvalue weighted by molar-refractivity contribution is 5.97. The molecule has 18 heavy (non-hydrogen) atoms. The third-order valence-electron chi connectivity index (χ3n) is 3.12. The Kier molecular flexibility index (Phi) is 3.39. The molecule has 1 heterocycles. The van der Waals surface area contributed by atoms with Gasteiger partial charge in [0.25, 0.3) is 0 Å². The van der Waals surface area contributed by atoms with Crippen LogP contribution in [-0.4, -0.2) is 30.7 Å². The van der Waals surface area contributed by atoms with E-state index in [4.69, 9.17) is 14.6 Å². The normalized spacial score (nSPS) is 16.9. The van der Waals surface area contributed by atoms with Crippen molar-refractivity contribution in [1.82, 2.24) is 0 Å². The van der Waals surface area contributed by atoms with E-state index in [1.807, 2.05) is 0 Å². The van der Waals surface area contributed by atoms with Crippen molar-refractivity contribution in [3.05, 3.63) is 35.4 Å². The van der Waals surface area contributed by atoms with E-state index in [2.05, 4.69) is 6.58 Å². The molecule has 0 saturated heterocycles. The Hall–Kier alpha value is -1.81. The Bertz CT molecular complexity index is 505. The lowest BCUT2D eigenvalue weighted by Gasteiger charge is -2.10. The molecule has 0 unspecified atom stereocenters. The number of ether oxygens (including phenoxy) is 2. The molecule has 1 aromatic carbocycles. The van der Waals surface area contributed by atoms with E-state index in [0.717, 1.165) is 5.56 Å². The maximum absolute atomic E-state index is 11.5. The first-order chi connectivity index (χ1) is 8.58. The van der Waals surface area contributed by atoms with E-state index in [9.17, 15) is 4.79 Å². The third kappa shape index (κ3) is 1.99. The maximum atomic E-state index is 11.5. The molecule has 1 aromatic rings. The number of benzene rings is 1. The summed E-state index contributed by atoms with van der Waals surface area (Å²) >= 11 is 0.